The van der Waals surface area contributed by atoms with Gasteiger partial charge in [0.2, 0.25) is 0 Å². The number of thiophene rings is 1. The number of hydrogen-bond acceptors (Lipinski definition) is 1. The van der Waals surface area contributed by atoms with Gasteiger partial charge in [0.05, 0.1) is 0 Å². The predicted molar refractivity (Wildman–Crippen MR) is 81.1 cm³/mol. The van der Waals surface area contributed by atoms with Gasteiger partial charge in [-0.1, -0.05) is 55.1 Å². The van der Waals surface area contributed by atoms with Crippen molar-refractivity contribution < 1.29 is 0 Å². The molecule has 1 aromatic heterocycles. The Morgan fingerprint density at radius 2 is 1.78 bits per heavy atom. The Balaban J connectivity index is 2.16. The molecule has 0 unspecified atom stereocenters. The first-order valence-corrected chi connectivity index (χ1v) is 6.87. The summed E-state index contributed by atoms with van der Waals surface area (Å²) in [6.45, 7) is 6.41. The number of aryl methyl sites for hydroxylation is 1. The second kappa shape index (κ2) is 4.43. The standard InChI is InChI=1S/C17H14S/c1-12-7-6-10-15-16(11-18-17(12)15)13(2)14-8-4-3-5-9-14/h3-11H,2H2,1H3. The summed E-state index contributed by atoms with van der Waals surface area (Å²) in [5.74, 6) is 0. The number of benzene rings is 2. The van der Waals surface area contributed by atoms with Gasteiger partial charge in [0.25, 0.3) is 0 Å². The molecule has 3 rings (SSSR count). The fourth-order valence-electron chi connectivity index (χ4n) is 2.23. The van der Waals surface area contributed by atoms with Crippen LogP contribution in [0.2, 0.25) is 0 Å². The topological polar surface area (TPSA) is 0 Å². The van der Waals surface area contributed by atoms with E-state index >= 15 is 0 Å². The molecule has 2 aromatic carbocycles. The molecule has 0 aliphatic heterocycles. The molecule has 1 heteroatoms. The quantitative estimate of drug-likeness (QED) is 0.581. The van der Waals surface area contributed by atoms with Gasteiger partial charge in [-0.2, -0.15) is 0 Å². The molecule has 1 heterocycles. The first-order valence-electron chi connectivity index (χ1n) is 5.99. The fourth-order valence-corrected chi connectivity index (χ4v) is 3.29. The average molecular weight is 250 g/mol. The zero-order chi connectivity index (χ0) is 12.5. The van der Waals surface area contributed by atoms with Crippen molar-refractivity contribution in [1.82, 2.24) is 0 Å². The van der Waals surface area contributed by atoms with E-state index in [1.54, 1.807) is 11.3 Å². The summed E-state index contributed by atoms with van der Waals surface area (Å²) in [6.07, 6.45) is 0. The van der Waals surface area contributed by atoms with Crippen LogP contribution in [0.4, 0.5) is 0 Å². The molecule has 0 radical (unpaired) electrons. The molecule has 0 atom stereocenters. The van der Waals surface area contributed by atoms with Gasteiger partial charge in [0.1, 0.15) is 0 Å². The molecule has 0 bridgehead atoms. The average Bonchev–Trinajstić information content (AvgIpc) is 2.84. The first-order chi connectivity index (χ1) is 8.77. The Hall–Kier alpha value is -1.86. The van der Waals surface area contributed by atoms with Crippen LogP contribution in [-0.4, -0.2) is 0 Å². The van der Waals surface area contributed by atoms with E-state index in [-0.39, 0.29) is 0 Å². The second-order valence-corrected chi connectivity index (χ2v) is 5.33. The van der Waals surface area contributed by atoms with E-state index in [1.165, 1.54) is 26.8 Å². The van der Waals surface area contributed by atoms with Crippen molar-refractivity contribution in [1.29, 1.82) is 0 Å². The Morgan fingerprint density at radius 1 is 1.00 bits per heavy atom. The van der Waals surface area contributed by atoms with Crippen LogP contribution >= 0.6 is 11.3 Å². The van der Waals surface area contributed by atoms with Gasteiger partial charge >= 0.3 is 0 Å². The molecule has 0 aliphatic rings. The van der Waals surface area contributed by atoms with Crippen LogP contribution in [0.15, 0.2) is 60.5 Å². The third kappa shape index (κ3) is 1.77. The summed E-state index contributed by atoms with van der Waals surface area (Å²) < 4.78 is 1.37. The molecule has 88 valence electrons. The lowest BCUT2D eigenvalue weighted by Gasteiger charge is -2.05. The summed E-state index contributed by atoms with van der Waals surface area (Å²) >= 11 is 1.80. The Kier molecular flexibility index (Phi) is 2.77. The molecule has 0 spiro atoms. The van der Waals surface area contributed by atoms with Gasteiger partial charge in [-0.05, 0) is 29.0 Å². The van der Waals surface area contributed by atoms with Crippen molar-refractivity contribution >= 4 is 27.0 Å². The maximum atomic E-state index is 4.25. The molecule has 0 saturated carbocycles. The van der Waals surface area contributed by atoms with E-state index < -0.39 is 0 Å². The third-order valence-corrected chi connectivity index (χ3v) is 4.38. The number of hydrogen-bond donors (Lipinski definition) is 0. The van der Waals surface area contributed by atoms with Crippen molar-refractivity contribution in [2.45, 2.75) is 6.92 Å². The molecular formula is C17H14S. The Morgan fingerprint density at radius 3 is 2.56 bits per heavy atom. The first kappa shape index (κ1) is 11.2. The summed E-state index contributed by atoms with van der Waals surface area (Å²) in [4.78, 5) is 0. The van der Waals surface area contributed by atoms with Crippen molar-refractivity contribution in [3.63, 3.8) is 0 Å². The highest BCUT2D eigenvalue weighted by atomic mass is 32.1. The molecule has 18 heavy (non-hydrogen) atoms. The van der Waals surface area contributed by atoms with Crippen LogP contribution in [0, 0.1) is 6.92 Å². The number of fused-ring (bicyclic) bond motifs is 1. The predicted octanol–water partition coefficient (Wildman–Crippen LogP) is 5.27. The van der Waals surface area contributed by atoms with E-state index in [4.69, 9.17) is 0 Å². The van der Waals surface area contributed by atoms with Gasteiger partial charge in [0, 0.05) is 15.6 Å². The van der Waals surface area contributed by atoms with Crippen LogP contribution < -0.4 is 0 Å². The van der Waals surface area contributed by atoms with Crippen LogP contribution in [0.25, 0.3) is 15.7 Å². The van der Waals surface area contributed by atoms with Crippen molar-refractivity contribution in [2.24, 2.45) is 0 Å². The van der Waals surface area contributed by atoms with Gasteiger partial charge in [-0.15, -0.1) is 11.3 Å². The molecule has 0 N–H and O–H groups in total. The maximum Gasteiger partial charge on any atom is 0.0378 e. The van der Waals surface area contributed by atoms with Gasteiger partial charge < -0.3 is 0 Å². The zero-order valence-corrected chi connectivity index (χ0v) is 11.1. The lowest BCUT2D eigenvalue weighted by molar-refractivity contribution is 1.55. The highest BCUT2D eigenvalue weighted by Crippen LogP contribution is 2.34. The lowest BCUT2D eigenvalue weighted by Crippen LogP contribution is -1.84. The number of rotatable bonds is 2. The van der Waals surface area contributed by atoms with Gasteiger partial charge in [0.15, 0.2) is 0 Å². The minimum absolute atomic E-state index is 1.10. The molecule has 0 saturated heterocycles. The fraction of sp³-hybridized carbons (Fsp3) is 0.0588. The summed E-state index contributed by atoms with van der Waals surface area (Å²) in [5, 5.41) is 3.53. The molecule has 0 amide bonds. The van der Waals surface area contributed by atoms with Crippen molar-refractivity contribution in [3.05, 3.63) is 77.2 Å². The van der Waals surface area contributed by atoms with Crippen molar-refractivity contribution in [3.8, 4) is 0 Å². The van der Waals surface area contributed by atoms with Gasteiger partial charge in [-0.3, -0.25) is 0 Å². The summed E-state index contributed by atoms with van der Waals surface area (Å²) in [5.41, 5.74) is 4.89. The highest BCUT2D eigenvalue weighted by Gasteiger charge is 2.09. The molecule has 0 fully saturated rings. The molecule has 3 aromatic rings. The minimum atomic E-state index is 1.10. The third-order valence-electron chi connectivity index (χ3n) is 3.24. The molecular weight excluding hydrogens is 236 g/mol. The summed E-state index contributed by atoms with van der Waals surface area (Å²) in [6, 6.07) is 16.8. The monoisotopic (exact) mass is 250 g/mol. The van der Waals surface area contributed by atoms with E-state index in [0.29, 0.717) is 0 Å². The zero-order valence-electron chi connectivity index (χ0n) is 10.3. The Bertz CT molecular complexity index is 705. The van der Waals surface area contributed by atoms with E-state index in [0.717, 1.165) is 5.57 Å². The SMILES string of the molecule is C=C(c1ccccc1)c1csc2c(C)cccc12. The van der Waals surface area contributed by atoms with E-state index in [1.807, 2.05) is 6.07 Å². The van der Waals surface area contributed by atoms with E-state index in [9.17, 15) is 0 Å². The normalized spacial score (nSPS) is 10.7. The molecule has 0 nitrogen and oxygen atoms in total. The van der Waals surface area contributed by atoms with Crippen LogP contribution in [0.5, 0.6) is 0 Å². The highest BCUT2D eigenvalue weighted by molar-refractivity contribution is 7.17. The van der Waals surface area contributed by atoms with Crippen LogP contribution in [-0.2, 0) is 0 Å². The second-order valence-electron chi connectivity index (χ2n) is 4.45. The van der Waals surface area contributed by atoms with Gasteiger partial charge in [-0.25, -0.2) is 0 Å². The molecule has 0 aliphatic carbocycles. The summed E-state index contributed by atoms with van der Waals surface area (Å²) in [7, 11) is 0. The maximum absolute atomic E-state index is 4.25. The lowest BCUT2D eigenvalue weighted by atomic mass is 9.98. The van der Waals surface area contributed by atoms with Crippen LogP contribution in [0.1, 0.15) is 16.7 Å². The van der Waals surface area contributed by atoms with Crippen LogP contribution in [0.3, 0.4) is 0 Å². The smallest absolute Gasteiger partial charge is 0.0378 e. The van der Waals surface area contributed by atoms with Crippen molar-refractivity contribution in [2.75, 3.05) is 0 Å². The Labute approximate surface area is 111 Å². The largest absolute Gasteiger partial charge is 0.143 e. The minimum Gasteiger partial charge on any atom is -0.143 e. The van der Waals surface area contributed by atoms with E-state index in [2.05, 4.69) is 61.3 Å².